The highest BCUT2D eigenvalue weighted by Crippen LogP contribution is 2.19. The van der Waals surface area contributed by atoms with Crippen molar-refractivity contribution in [3.05, 3.63) is 28.3 Å². The highest BCUT2D eigenvalue weighted by Gasteiger charge is 2.25. The van der Waals surface area contributed by atoms with E-state index in [0.29, 0.717) is 0 Å². The van der Waals surface area contributed by atoms with Gasteiger partial charge in [0.2, 0.25) is 11.2 Å². The van der Waals surface area contributed by atoms with Gasteiger partial charge in [0, 0.05) is 12.1 Å². The summed E-state index contributed by atoms with van der Waals surface area (Å²) in [6.07, 6.45) is 3.13. The monoisotopic (exact) mass is 209 g/mol. The zero-order valence-electron chi connectivity index (χ0n) is 8.28. The topological polar surface area (TPSA) is 68.5 Å². The van der Waals surface area contributed by atoms with Gasteiger partial charge >= 0.3 is 0 Å². The third-order valence-corrected chi connectivity index (χ3v) is 2.15. The van der Waals surface area contributed by atoms with Crippen molar-refractivity contribution in [3.8, 4) is 5.75 Å². The molecule has 1 aromatic rings. The molecule has 0 unspecified atom stereocenters. The van der Waals surface area contributed by atoms with E-state index in [1.165, 1.54) is 7.11 Å². The first-order chi connectivity index (χ1) is 7.20. The lowest BCUT2D eigenvalue weighted by Gasteiger charge is -2.02. The molecule has 0 bridgehead atoms. The van der Waals surface area contributed by atoms with E-state index < -0.39 is 0 Å². The van der Waals surface area contributed by atoms with E-state index in [1.54, 1.807) is 0 Å². The smallest absolute Gasteiger partial charge is 0.287 e. The molecule has 1 aliphatic carbocycles. The Kier molecular flexibility index (Phi) is 2.45. The fourth-order valence-corrected chi connectivity index (χ4v) is 1.15. The zero-order chi connectivity index (χ0) is 10.8. The van der Waals surface area contributed by atoms with Crippen molar-refractivity contribution in [3.63, 3.8) is 0 Å². The maximum atomic E-state index is 11.5. The molecule has 1 aromatic heterocycles. The fraction of sp³-hybridized carbons (Fsp3) is 0.400. The zero-order valence-corrected chi connectivity index (χ0v) is 8.28. The highest BCUT2D eigenvalue weighted by atomic mass is 16.5. The Bertz CT molecular complexity index is 433. The summed E-state index contributed by atoms with van der Waals surface area (Å²) >= 11 is 0. The standard InChI is InChI=1S/C10H11NO4/c1-14-9-5-15-8(4-7(9)12)10(13)11-6-2-3-6/h4-6H,2-3H2,1H3,(H,11,13). The van der Waals surface area contributed by atoms with Crippen LogP contribution in [0.5, 0.6) is 5.75 Å². The number of ether oxygens (including phenoxy) is 1. The van der Waals surface area contributed by atoms with E-state index in [2.05, 4.69) is 5.32 Å². The molecule has 5 nitrogen and oxygen atoms in total. The molecule has 1 saturated carbocycles. The largest absolute Gasteiger partial charge is 0.490 e. The average molecular weight is 209 g/mol. The maximum absolute atomic E-state index is 11.5. The summed E-state index contributed by atoms with van der Waals surface area (Å²) in [5.74, 6) is -0.233. The summed E-state index contributed by atoms with van der Waals surface area (Å²) in [4.78, 5) is 22.8. The van der Waals surface area contributed by atoms with Gasteiger partial charge in [-0.3, -0.25) is 9.59 Å². The number of hydrogen-bond acceptors (Lipinski definition) is 4. The van der Waals surface area contributed by atoms with E-state index in [4.69, 9.17) is 9.15 Å². The first-order valence-corrected chi connectivity index (χ1v) is 4.68. The number of carbonyl (C=O) groups excluding carboxylic acids is 1. The Balaban J connectivity index is 2.17. The molecule has 0 atom stereocenters. The lowest BCUT2D eigenvalue weighted by Crippen LogP contribution is -2.26. The minimum Gasteiger partial charge on any atom is -0.490 e. The first-order valence-electron chi connectivity index (χ1n) is 4.68. The molecular weight excluding hydrogens is 198 g/mol. The molecule has 1 N–H and O–H groups in total. The van der Waals surface area contributed by atoms with E-state index in [1.807, 2.05) is 0 Å². The number of rotatable bonds is 3. The number of methoxy groups -OCH3 is 1. The predicted octanol–water partition coefficient (Wildman–Crippen LogP) is 0.541. The summed E-state index contributed by atoms with van der Waals surface area (Å²) in [5.41, 5.74) is -0.357. The molecule has 0 aliphatic heterocycles. The van der Waals surface area contributed by atoms with Gasteiger partial charge in [-0.25, -0.2) is 0 Å². The third kappa shape index (κ3) is 2.18. The van der Waals surface area contributed by atoms with Gasteiger partial charge in [0.15, 0.2) is 5.76 Å². The first kappa shape index (κ1) is 9.76. The quantitative estimate of drug-likeness (QED) is 0.788. The molecule has 1 aliphatic rings. The third-order valence-electron chi connectivity index (χ3n) is 2.15. The molecule has 1 amide bonds. The molecule has 80 valence electrons. The lowest BCUT2D eigenvalue weighted by atomic mass is 10.3. The minimum atomic E-state index is -0.357. The summed E-state index contributed by atoms with van der Waals surface area (Å²) in [5, 5.41) is 2.72. The predicted molar refractivity (Wildman–Crippen MR) is 52.0 cm³/mol. The van der Waals surface area contributed by atoms with Gasteiger partial charge in [-0.15, -0.1) is 0 Å². The average Bonchev–Trinajstić information content (AvgIpc) is 3.01. The molecular formula is C10H11NO4. The summed E-state index contributed by atoms with van der Waals surface area (Å²) in [6, 6.07) is 1.38. The van der Waals surface area contributed by atoms with Crippen molar-refractivity contribution in [1.29, 1.82) is 0 Å². The lowest BCUT2D eigenvalue weighted by molar-refractivity contribution is 0.0920. The van der Waals surface area contributed by atoms with Crippen LogP contribution in [0.2, 0.25) is 0 Å². The molecule has 0 aromatic carbocycles. The fourth-order valence-electron chi connectivity index (χ4n) is 1.15. The number of hydrogen-bond donors (Lipinski definition) is 1. The van der Waals surface area contributed by atoms with Crippen LogP contribution in [-0.2, 0) is 0 Å². The van der Waals surface area contributed by atoms with Crippen molar-refractivity contribution in [2.45, 2.75) is 18.9 Å². The summed E-state index contributed by atoms with van der Waals surface area (Å²) in [7, 11) is 1.37. The second-order valence-electron chi connectivity index (χ2n) is 3.42. The van der Waals surface area contributed by atoms with Crippen molar-refractivity contribution in [1.82, 2.24) is 5.32 Å². The Hall–Kier alpha value is -1.78. The van der Waals surface area contributed by atoms with Crippen LogP contribution in [-0.4, -0.2) is 19.1 Å². The molecule has 5 heteroatoms. The van der Waals surface area contributed by atoms with E-state index in [9.17, 15) is 9.59 Å². The molecule has 0 radical (unpaired) electrons. The van der Waals surface area contributed by atoms with Gasteiger partial charge in [-0.05, 0) is 12.8 Å². The van der Waals surface area contributed by atoms with Gasteiger partial charge in [0.25, 0.3) is 5.91 Å². The maximum Gasteiger partial charge on any atom is 0.287 e. The summed E-state index contributed by atoms with van der Waals surface area (Å²) in [6.45, 7) is 0. The Labute approximate surface area is 86.0 Å². The second-order valence-corrected chi connectivity index (χ2v) is 3.42. The minimum absolute atomic E-state index is 0.0210. The van der Waals surface area contributed by atoms with Crippen LogP contribution in [0.1, 0.15) is 23.4 Å². The second kappa shape index (κ2) is 3.76. The van der Waals surface area contributed by atoms with E-state index in [0.717, 1.165) is 25.2 Å². The van der Waals surface area contributed by atoms with E-state index in [-0.39, 0.29) is 28.9 Å². The van der Waals surface area contributed by atoms with Gasteiger partial charge in [-0.2, -0.15) is 0 Å². The van der Waals surface area contributed by atoms with Crippen LogP contribution < -0.4 is 15.5 Å². The van der Waals surface area contributed by atoms with Gasteiger partial charge in [0.1, 0.15) is 6.26 Å². The van der Waals surface area contributed by atoms with E-state index >= 15 is 0 Å². The van der Waals surface area contributed by atoms with Crippen molar-refractivity contribution in [2.24, 2.45) is 0 Å². The van der Waals surface area contributed by atoms with Crippen molar-refractivity contribution in [2.75, 3.05) is 7.11 Å². The highest BCUT2D eigenvalue weighted by molar-refractivity contribution is 5.91. The Morgan fingerprint density at radius 2 is 2.33 bits per heavy atom. The molecule has 15 heavy (non-hydrogen) atoms. The Morgan fingerprint density at radius 3 is 2.87 bits per heavy atom. The van der Waals surface area contributed by atoms with Crippen molar-refractivity contribution >= 4 is 5.91 Å². The van der Waals surface area contributed by atoms with Crippen LogP contribution in [0.3, 0.4) is 0 Å². The normalized spacial score (nSPS) is 14.7. The van der Waals surface area contributed by atoms with Crippen LogP contribution in [0.4, 0.5) is 0 Å². The molecule has 1 heterocycles. The number of carbonyl (C=O) groups is 1. The van der Waals surface area contributed by atoms with Gasteiger partial charge < -0.3 is 14.5 Å². The van der Waals surface area contributed by atoms with Crippen molar-refractivity contribution < 1.29 is 13.9 Å². The van der Waals surface area contributed by atoms with Crippen LogP contribution in [0.15, 0.2) is 21.5 Å². The van der Waals surface area contributed by atoms with Gasteiger partial charge in [-0.1, -0.05) is 0 Å². The molecule has 0 spiro atoms. The van der Waals surface area contributed by atoms with Crippen LogP contribution >= 0.6 is 0 Å². The van der Waals surface area contributed by atoms with Crippen LogP contribution in [0, 0.1) is 0 Å². The van der Waals surface area contributed by atoms with Crippen LogP contribution in [0.25, 0.3) is 0 Å². The SMILES string of the molecule is COc1coc(C(=O)NC2CC2)cc1=O. The molecule has 1 fully saturated rings. The number of nitrogens with one attached hydrogen (secondary N) is 1. The molecule has 0 saturated heterocycles. The Morgan fingerprint density at radius 1 is 1.60 bits per heavy atom. The molecule has 2 rings (SSSR count). The number of amides is 1. The summed E-state index contributed by atoms with van der Waals surface area (Å²) < 4.78 is 9.72. The van der Waals surface area contributed by atoms with Gasteiger partial charge in [0.05, 0.1) is 7.11 Å².